The van der Waals surface area contributed by atoms with Crippen molar-refractivity contribution < 1.29 is 48.8 Å². The van der Waals surface area contributed by atoms with Crippen molar-refractivity contribution in [3.63, 3.8) is 0 Å². The Hall–Kier alpha value is -3.98. The number of hydrogen-bond donors (Lipinski definition) is 1. The van der Waals surface area contributed by atoms with Gasteiger partial charge in [0.1, 0.15) is 5.82 Å². The molecule has 10 nitrogen and oxygen atoms in total. The predicted molar refractivity (Wildman–Crippen MR) is 123 cm³/mol. The smallest absolute Gasteiger partial charge is 0.381 e. The number of nitrogens with zero attached hydrogens (tertiary/aromatic N) is 5. The molecule has 3 saturated carbocycles. The van der Waals surface area contributed by atoms with Gasteiger partial charge in [0.15, 0.2) is 17.2 Å². The van der Waals surface area contributed by atoms with Gasteiger partial charge in [-0.1, -0.05) is 0 Å². The molecule has 0 amide bonds. The molecule has 2 aromatic heterocycles. The Kier molecular flexibility index (Phi) is 6.10. The topological polar surface area (TPSA) is 144 Å². The van der Waals surface area contributed by atoms with E-state index < -0.39 is 61.5 Å². The van der Waals surface area contributed by atoms with E-state index in [9.17, 15) is 44.8 Å². The van der Waals surface area contributed by atoms with Gasteiger partial charge in [0.25, 0.3) is 10.0 Å². The molecule has 2 heterocycles. The largest absolute Gasteiger partial charge is 0.492 e. The fourth-order valence-electron chi connectivity index (χ4n) is 5.43. The summed E-state index contributed by atoms with van der Waals surface area (Å²) in [6.07, 6.45) is -9.52. The second-order valence-corrected chi connectivity index (χ2v) is 11.8. The number of carbonyl (C=O) groups is 1. The van der Waals surface area contributed by atoms with Gasteiger partial charge >= 0.3 is 18.3 Å². The molecule has 41 heavy (non-hydrogen) atoms. The first-order valence-corrected chi connectivity index (χ1v) is 13.0. The van der Waals surface area contributed by atoms with Crippen LogP contribution in [0, 0.1) is 29.5 Å². The number of nitrogen functional groups attached to an aromatic ring is 1. The second-order valence-electron chi connectivity index (χ2n) is 10.0. The van der Waals surface area contributed by atoms with Gasteiger partial charge in [-0.25, -0.2) is 27.6 Å². The van der Waals surface area contributed by atoms with Crippen LogP contribution in [0.2, 0.25) is 0 Å². The molecule has 3 aliphatic carbocycles. The Morgan fingerprint density at radius 2 is 1.85 bits per heavy atom. The number of nitrogens with two attached hydrogens (primary N) is 1. The van der Waals surface area contributed by atoms with Crippen LogP contribution in [0.25, 0.3) is 16.9 Å². The minimum atomic E-state index is -5.59. The predicted octanol–water partition coefficient (Wildman–Crippen LogP) is 4.29. The number of fused-ring (bicyclic) bond motifs is 2. The van der Waals surface area contributed by atoms with Gasteiger partial charge in [-0.3, -0.25) is 4.40 Å². The highest BCUT2D eigenvalue weighted by molar-refractivity contribution is 7.89. The van der Waals surface area contributed by atoms with E-state index in [0.29, 0.717) is 12.3 Å². The van der Waals surface area contributed by atoms with Crippen molar-refractivity contribution in [1.82, 2.24) is 18.8 Å². The van der Waals surface area contributed by atoms with Crippen LogP contribution in [-0.4, -0.2) is 44.9 Å². The number of imidazole rings is 1. The molecule has 0 atom stereocenters. The lowest BCUT2D eigenvalue weighted by Crippen LogP contribution is -2.58. The first-order valence-electron chi connectivity index (χ1n) is 11.6. The number of alkyl halides is 6. The Morgan fingerprint density at radius 3 is 2.41 bits per heavy atom. The first kappa shape index (κ1) is 28.5. The average Bonchev–Trinajstić information content (AvgIpc) is 3.55. The van der Waals surface area contributed by atoms with Crippen molar-refractivity contribution in [3.8, 4) is 17.3 Å². The number of anilines is 1. The maximum atomic E-state index is 15.2. The van der Waals surface area contributed by atoms with Gasteiger partial charge in [0.05, 0.1) is 33.8 Å². The van der Waals surface area contributed by atoms with Gasteiger partial charge < -0.3 is 10.6 Å². The number of aromatic nitrogens is 3. The Labute approximate surface area is 226 Å². The number of nitriles is 1. The van der Waals surface area contributed by atoms with Crippen molar-refractivity contribution in [2.45, 2.75) is 55.4 Å². The summed E-state index contributed by atoms with van der Waals surface area (Å²) >= 11 is 0. The van der Waals surface area contributed by atoms with Crippen molar-refractivity contribution in [3.05, 3.63) is 41.6 Å². The quantitative estimate of drug-likeness (QED) is 0.335. The molecule has 6 rings (SSSR count). The number of carbonyl (C=O) groups excluding carboxylic acids is 1. The third kappa shape index (κ3) is 4.43. The lowest BCUT2D eigenvalue weighted by molar-refractivity contribution is -0.241. The zero-order valence-corrected chi connectivity index (χ0v) is 21.5. The molecule has 0 aliphatic heterocycles. The van der Waals surface area contributed by atoms with Crippen molar-refractivity contribution in [2.75, 3.05) is 5.73 Å². The first-order chi connectivity index (χ1) is 18.8. The number of rotatable bonds is 5. The van der Waals surface area contributed by atoms with Crippen LogP contribution < -0.4 is 5.73 Å². The standard InChI is InChI=1S/C23H17F7N6O4S/c1-11-13(15-6-33-18-17(32)34-16(7-35(15)18)22(25,26)27)4-12(5-14(11)24)41(38,39)36(40-19(37)23(28,29)30)21-3-2-20(8-21,9-21)10-31/h4-7H,2-3,8-9H2,1H3,(H2,32,34). The SMILES string of the molecule is Cc1c(F)cc(S(=O)(=O)N(OC(=O)C(F)(F)F)C23CCC(C#N)(C2)C3)cc1-c1cnc2c(N)nc(C(F)(F)F)cn12. The minimum Gasteiger partial charge on any atom is -0.381 e. The number of halogens is 7. The average molecular weight is 606 g/mol. The van der Waals surface area contributed by atoms with Crippen LogP contribution >= 0.6 is 0 Å². The summed E-state index contributed by atoms with van der Waals surface area (Å²) in [4.78, 5) is 22.3. The highest BCUT2D eigenvalue weighted by Gasteiger charge is 2.68. The molecule has 0 unspecified atom stereocenters. The van der Waals surface area contributed by atoms with E-state index >= 15 is 4.39 Å². The summed E-state index contributed by atoms with van der Waals surface area (Å²) in [5, 5.41) is 9.43. The fourth-order valence-corrected chi connectivity index (χ4v) is 7.04. The Balaban J connectivity index is 1.66. The minimum absolute atomic E-state index is 0.116. The third-order valence-electron chi connectivity index (χ3n) is 7.34. The molecule has 3 aromatic rings. The van der Waals surface area contributed by atoms with E-state index in [1.807, 2.05) is 6.07 Å². The number of hydroxylamine groups is 1. The van der Waals surface area contributed by atoms with Crippen LogP contribution in [0.3, 0.4) is 0 Å². The lowest BCUT2D eigenvalue weighted by atomic mass is 9.66. The summed E-state index contributed by atoms with van der Waals surface area (Å²) in [5.41, 5.74) is 0.386. The van der Waals surface area contributed by atoms with Crippen LogP contribution in [0.1, 0.15) is 36.9 Å². The molecule has 2 N–H and O–H groups in total. The molecule has 0 spiro atoms. The molecule has 1 aromatic carbocycles. The highest BCUT2D eigenvalue weighted by atomic mass is 32.2. The summed E-state index contributed by atoms with van der Waals surface area (Å²) in [7, 11) is -5.25. The number of sulfonamides is 1. The molecular formula is C23H17F7N6O4S. The molecule has 0 saturated heterocycles. The molecule has 218 valence electrons. The Bertz CT molecular complexity index is 1750. The van der Waals surface area contributed by atoms with Crippen LogP contribution in [0.5, 0.6) is 0 Å². The molecule has 3 fully saturated rings. The summed E-state index contributed by atoms with van der Waals surface area (Å²) in [6, 6.07) is 3.27. The monoisotopic (exact) mass is 606 g/mol. The van der Waals surface area contributed by atoms with E-state index in [1.54, 1.807) is 0 Å². The van der Waals surface area contributed by atoms with Gasteiger partial charge in [0, 0.05) is 11.8 Å². The van der Waals surface area contributed by atoms with Gasteiger partial charge in [0.2, 0.25) is 0 Å². The molecule has 0 radical (unpaired) electrons. The van der Waals surface area contributed by atoms with Crippen LogP contribution in [0.15, 0.2) is 29.4 Å². The summed E-state index contributed by atoms with van der Waals surface area (Å²) in [5.74, 6) is -4.68. The highest BCUT2D eigenvalue weighted by Crippen LogP contribution is 2.64. The molecular weight excluding hydrogens is 589 g/mol. The zero-order valence-electron chi connectivity index (χ0n) is 20.6. The third-order valence-corrected chi connectivity index (χ3v) is 9.07. The summed E-state index contributed by atoms with van der Waals surface area (Å²) < 4.78 is 123. The second kappa shape index (κ2) is 8.76. The Morgan fingerprint density at radius 1 is 1.20 bits per heavy atom. The van der Waals surface area contributed by atoms with E-state index in [2.05, 4.69) is 14.8 Å². The van der Waals surface area contributed by atoms with Crippen molar-refractivity contribution in [1.29, 1.82) is 5.26 Å². The number of benzene rings is 1. The van der Waals surface area contributed by atoms with Crippen molar-refractivity contribution >= 4 is 27.5 Å². The molecule has 2 bridgehead atoms. The van der Waals surface area contributed by atoms with Gasteiger partial charge in [-0.05, 0) is 54.8 Å². The number of hydrogen-bond acceptors (Lipinski definition) is 8. The fraction of sp³-hybridized carbons (Fsp3) is 0.391. The lowest BCUT2D eigenvalue weighted by Gasteiger charge is -2.47. The van der Waals surface area contributed by atoms with Crippen molar-refractivity contribution in [2.24, 2.45) is 5.41 Å². The van der Waals surface area contributed by atoms with E-state index in [4.69, 9.17) is 5.73 Å². The normalized spacial score (nSPS) is 22.5. The molecule has 3 aliphatic rings. The van der Waals surface area contributed by atoms with Crippen LogP contribution in [0.4, 0.5) is 36.6 Å². The maximum Gasteiger partial charge on any atom is 0.492 e. The van der Waals surface area contributed by atoms with Gasteiger partial charge in [-0.2, -0.15) is 31.6 Å². The summed E-state index contributed by atoms with van der Waals surface area (Å²) in [6.45, 7) is 1.18. The van der Waals surface area contributed by atoms with Gasteiger partial charge in [-0.15, -0.1) is 0 Å². The molecule has 18 heteroatoms. The van der Waals surface area contributed by atoms with E-state index in [1.165, 1.54) is 6.92 Å². The van der Waals surface area contributed by atoms with E-state index in [-0.39, 0.29) is 52.6 Å². The zero-order chi connectivity index (χ0) is 30.3. The van der Waals surface area contributed by atoms with Crippen LogP contribution in [-0.2, 0) is 25.8 Å². The van der Waals surface area contributed by atoms with E-state index in [0.717, 1.165) is 16.7 Å². The maximum absolute atomic E-state index is 15.2.